The summed E-state index contributed by atoms with van der Waals surface area (Å²) in [5.41, 5.74) is 2.97. The van der Waals surface area contributed by atoms with Gasteiger partial charge in [-0.05, 0) is 105 Å². The van der Waals surface area contributed by atoms with Crippen molar-refractivity contribution >= 4 is 34.4 Å². The molecule has 282 valence electrons. The van der Waals surface area contributed by atoms with Gasteiger partial charge in [0, 0.05) is 35.3 Å². The molecule has 0 saturated heterocycles. The number of aliphatic hydroxyl groups is 1. The van der Waals surface area contributed by atoms with Crippen molar-refractivity contribution in [3.63, 3.8) is 0 Å². The number of allylic oxidation sites excluding steroid dienone is 4. The van der Waals surface area contributed by atoms with Gasteiger partial charge in [-0.3, -0.25) is 19.2 Å². The van der Waals surface area contributed by atoms with Gasteiger partial charge in [0.25, 0.3) is 5.56 Å². The van der Waals surface area contributed by atoms with Gasteiger partial charge >= 0.3 is 11.9 Å². The maximum atomic E-state index is 13.0. The summed E-state index contributed by atoms with van der Waals surface area (Å²) >= 11 is 0. The zero-order valence-corrected chi connectivity index (χ0v) is 31.9. The fourth-order valence-electron chi connectivity index (χ4n) is 11.4. The summed E-state index contributed by atoms with van der Waals surface area (Å²) in [6.07, 6.45) is 9.34. The lowest BCUT2D eigenvalue weighted by atomic mass is 9.47. The Morgan fingerprint density at radius 2 is 1.78 bits per heavy atom. The summed E-state index contributed by atoms with van der Waals surface area (Å²) in [7, 11) is 0. The number of ether oxygens (including phenoxy) is 2. The van der Waals surface area contributed by atoms with E-state index in [9.17, 15) is 29.1 Å². The zero-order chi connectivity index (χ0) is 38.5. The van der Waals surface area contributed by atoms with Crippen LogP contribution < -0.4 is 5.56 Å². The smallest absolute Gasteiger partial charge is 0.343 e. The molecular weight excluding hydrogens is 684 g/mol. The Balaban J connectivity index is 0.000000153. The molecule has 9 rings (SSSR count). The summed E-state index contributed by atoms with van der Waals surface area (Å²) in [6.45, 7) is 11.6. The van der Waals surface area contributed by atoms with E-state index in [1.165, 1.54) is 18.1 Å². The van der Waals surface area contributed by atoms with E-state index in [0.29, 0.717) is 54.0 Å². The van der Waals surface area contributed by atoms with Gasteiger partial charge < -0.3 is 19.1 Å². The maximum absolute atomic E-state index is 13.0. The third-order valence-electron chi connectivity index (χ3n) is 14.3. The van der Waals surface area contributed by atoms with Gasteiger partial charge in [-0.25, -0.2) is 9.78 Å². The molecule has 0 amide bonds. The molecular formula is C44H48N2O8. The number of benzene rings is 1. The second-order valence-corrected chi connectivity index (χ2v) is 16.8. The molecule has 0 radical (unpaired) electrons. The second kappa shape index (κ2) is 12.4. The molecule has 54 heavy (non-hydrogen) atoms. The number of carbonyl (C=O) groups is 4. The highest BCUT2D eigenvalue weighted by Gasteiger charge is 2.67. The Bertz CT molecular complexity index is 2300. The molecule has 10 heteroatoms. The molecule has 7 atom stereocenters. The summed E-state index contributed by atoms with van der Waals surface area (Å²) in [5, 5.41) is 11.8. The first kappa shape index (κ1) is 36.3. The van der Waals surface area contributed by atoms with E-state index in [2.05, 4.69) is 26.8 Å². The average Bonchev–Trinajstić information content (AvgIpc) is 3.65. The molecule has 4 heterocycles. The molecule has 6 aliphatic rings. The summed E-state index contributed by atoms with van der Waals surface area (Å²) in [6, 6.07) is 11.6. The molecule has 0 bridgehead atoms. The monoisotopic (exact) mass is 732 g/mol. The zero-order valence-electron chi connectivity index (χ0n) is 31.9. The predicted octanol–water partition coefficient (Wildman–Crippen LogP) is 6.65. The van der Waals surface area contributed by atoms with Crippen molar-refractivity contribution in [3.05, 3.63) is 86.7 Å². The molecule has 2 aromatic heterocycles. The summed E-state index contributed by atoms with van der Waals surface area (Å²) in [5.74, 6) is 0.322. The predicted molar refractivity (Wildman–Crippen MR) is 201 cm³/mol. The van der Waals surface area contributed by atoms with Crippen LogP contribution in [-0.2, 0) is 47.4 Å². The highest BCUT2D eigenvalue weighted by molar-refractivity contribution is 5.93. The fraction of sp³-hybridized carbons (Fsp3) is 0.500. The summed E-state index contributed by atoms with van der Waals surface area (Å²) < 4.78 is 12.5. The topological polar surface area (TPSA) is 142 Å². The second-order valence-electron chi connectivity index (χ2n) is 16.8. The number of aromatic nitrogens is 2. The quantitative estimate of drug-likeness (QED) is 0.229. The van der Waals surface area contributed by atoms with E-state index in [4.69, 9.17) is 14.5 Å². The number of carbonyl (C=O) groups excluding carboxylic acids is 4. The van der Waals surface area contributed by atoms with Crippen molar-refractivity contribution in [2.24, 2.45) is 28.6 Å². The number of pyridine rings is 2. The number of para-hydroxylation sites is 1. The van der Waals surface area contributed by atoms with Gasteiger partial charge in [0.05, 0.1) is 29.0 Å². The Hall–Kier alpha value is -4.70. The molecule has 0 spiro atoms. The first-order valence-electron chi connectivity index (χ1n) is 19.3. The van der Waals surface area contributed by atoms with Crippen LogP contribution in [0.5, 0.6) is 0 Å². The van der Waals surface area contributed by atoms with E-state index in [0.717, 1.165) is 47.8 Å². The minimum absolute atomic E-state index is 0.0160. The first-order valence-corrected chi connectivity index (χ1v) is 19.3. The first-order chi connectivity index (χ1) is 25.6. The van der Waals surface area contributed by atoms with Crippen LogP contribution in [0.1, 0.15) is 103 Å². The number of cyclic esters (lactones) is 1. The Morgan fingerprint density at radius 3 is 2.50 bits per heavy atom. The molecule has 7 unspecified atom stereocenters. The molecule has 2 aliphatic heterocycles. The average molecular weight is 733 g/mol. The minimum Gasteiger partial charge on any atom is -0.458 e. The van der Waals surface area contributed by atoms with Crippen molar-refractivity contribution in [3.8, 4) is 11.4 Å². The number of nitrogens with zero attached hydrogens (tertiary/aromatic N) is 2. The summed E-state index contributed by atoms with van der Waals surface area (Å²) in [4.78, 5) is 66.6. The van der Waals surface area contributed by atoms with Gasteiger partial charge in [-0.1, -0.05) is 50.6 Å². The van der Waals surface area contributed by atoms with Crippen LogP contribution in [0, 0.1) is 28.6 Å². The Labute approximate surface area is 314 Å². The molecule has 3 aromatic rings. The lowest BCUT2D eigenvalue weighted by Crippen LogP contribution is -2.58. The van der Waals surface area contributed by atoms with Gasteiger partial charge in [0.15, 0.2) is 22.8 Å². The van der Waals surface area contributed by atoms with Crippen molar-refractivity contribution in [2.75, 3.05) is 0 Å². The molecule has 2 saturated carbocycles. The van der Waals surface area contributed by atoms with E-state index in [-0.39, 0.29) is 47.0 Å². The van der Waals surface area contributed by atoms with Gasteiger partial charge in [0.1, 0.15) is 6.61 Å². The lowest BCUT2D eigenvalue weighted by Gasteiger charge is -2.58. The highest BCUT2D eigenvalue weighted by Crippen LogP contribution is 2.68. The Morgan fingerprint density at radius 1 is 1.04 bits per heavy atom. The molecule has 10 nitrogen and oxygen atoms in total. The third-order valence-corrected chi connectivity index (χ3v) is 14.3. The number of ketones is 2. The third kappa shape index (κ3) is 5.01. The normalized spacial score (nSPS) is 33.0. The number of hydrogen-bond acceptors (Lipinski definition) is 9. The Kier molecular flexibility index (Phi) is 8.34. The van der Waals surface area contributed by atoms with E-state index < -0.39 is 17.2 Å². The van der Waals surface area contributed by atoms with Gasteiger partial charge in [-0.2, -0.15) is 0 Å². The fourth-order valence-corrected chi connectivity index (χ4v) is 11.4. The number of hydrogen-bond donors (Lipinski definition) is 1. The van der Waals surface area contributed by atoms with Crippen LogP contribution in [0.3, 0.4) is 0 Å². The van der Waals surface area contributed by atoms with Crippen LogP contribution >= 0.6 is 0 Å². The van der Waals surface area contributed by atoms with Crippen LogP contribution in [0.25, 0.3) is 22.3 Å². The minimum atomic E-state index is -1.79. The lowest BCUT2D eigenvalue weighted by molar-refractivity contribution is -0.185. The highest BCUT2D eigenvalue weighted by atomic mass is 16.6. The van der Waals surface area contributed by atoms with Crippen molar-refractivity contribution in [1.82, 2.24) is 9.55 Å². The van der Waals surface area contributed by atoms with E-state index in [1.54, 1.807) is 24.5 Å². The van der Waals surface area contributed by atoms with Crippen LogP contribution in [0.4, 0.5) is 0 Å². The van der Waals surface area contributed by atoms with Crippen molar-refractivity contribution < 1.29 is 33.8 Å². The number of fused-ring (bicyclic) bond motifs is 10. The number of rotatable bonds is 3. The SMILES string of the molecule is CC(=O)OC1(C(C)=O)CCC2C3C=C(C)C4=CC(=O)CCC4(C)C3CCC21C.CCC1(O)C(=O)OCc2c1cc1n(c2=O)Cc2cc3ccccc3nc2-1. The van der Waals surface area contributed by atoms with Gasteiger partial charge in [-0.15, -0.1) is 0 Å². The van der Waals surface area contributed by atoms with E-state index in [1.807, 2.05) is 36.4 Å². The molecule has 1 aromatic carbocycles. The van der Waals surface area contributed by atoms with Crippen LogP contribution in [-0.4, -0.2) is 43.8 Å². The number of esters is 2. The molecule has 4 aliphatic carbocycles. The standard InChI is InChI=1S/C24H32O4.C20H16N2O4/c1-14-12-18-19(22(4)9-6-17(27)13-21(14)22)7-10-23(5)20(18)8-11-24(23,15(2)25)28-16(3)26;1-2-20(25)14-8-16-17-12(7-11-5-3-4-6-15(11)21-17)9-22(16)18(23)13(14)10-26-19(20)24/h12-13,18-20H,6-11H2,1-5H3;3-8,25H,2,9-10H2,1H3. The maximum Gasteiger partial charge on any atom is 0.343 e. The largest absolute Gasteiger partial charge is 0.458 e. The molecule has 2 fully saturated rings. The van der Waals surface area contributed by atoms with Crippen LogP contribution in [0.15, 0.2) is 64.5 Å². The van der Waals surface area contributed by atoms with Crippen LogP contribution in [0.2, 0.25) is 0 Å². The van der Waals surface area contributed by atoms with Gasteiger partial charge in [0.2, 0.25) is 0 Å². The van der Waals surface area contributed by atoms with Crippen molar-refractivity contribution in [2.45, 2.75) is 111 Å². The van der Waals surface area contributed by atoms with E-state index >= 15 is 0 Å². The molecule has 1 N–H and O–H groups in total. The number of Topliss-reactive ketones (excluding diaryl/α,β-unsaturated/α-hetero) is 1. The van der Waals surface area contributed by atoms with Crippen molar-refractivity contribution in [1.29, 1.82) is 0 Å².